The van der Waals surface area contributed by atoms with Crippen LogP contribution in [0.25, 0.3) is 10.8 Å². The van der Waals surface area contributed by atoms with Gasteiger partial charge in [0.15, 0.2) is 0 Å². The van der Waals surface area contributed by atoms with Crippen LogP contribution in [0.4, 0.5) is 0 Å². The van der Waals surface area contributed by atoms with E-state index in [1.54, 1.807) is 0 Å². The molecule has 0 aromatic heterocycles. The van der Waals surface area contributed by atoms with Crippen molar-refractivity contribution in [2.75, 3.05) is 13.2 Å². The van der Waals surface area contributed by atoms with Crippen molar-refractivity contribution in [1.29, 1.82) is 0 Å². The predicted molar refractivity (Wildman–Crippen MR) is 73.7 cm³/mol. The van der Waals surface area contributed by atoms with E-state index in [4.69, 9.17) is 9.79 Å². The highest BCUT2D eigenvalue weighted by Gasteiger charge is 2.12. The van der Waals surface area contributed by atoms with Gasteiger partial charge in [-0.25, -0.2) is 4.57 Å². The molecule has 6 heteroatoms. The first-order valence-corrected chi connectivity index (χ1v) is 7.46. The summed E-state index contributed by atoms with van der Waals surface area (Å²) in [6.07, 6.45) is 0. The van der Waals surface area contributed by atoms with Gasteiger partial charge in [0.1, 0.15) is 0 Å². The van der Waals surface area contributed by atoms with Crippen molar-refractivity contribution >= 4 is 18.6 Å². The molecule has 2 aromatic rings. The number of hydrogen-bond donors (Lipinski definition) is 3. The van der Waals surface area contributed by atoms with Gasteiger partial charge in [-0.3, -0.25) is 4.52 Å². The minimum Gasteiger partial charge on any atom is -0.310 e. The normalized spacial score (nSPS) is 11.9. The Morgan fingerprint density at radius 2 is 1.84 bits per heavy atom. The zero-order valence-corrected chi connectivity index (χ0v) is 11.2. The second-order valence-electron chi connectivity index (χ2n) is 4.18. The van der Waals surface area contributed by atoms with Gasteiger partial charge in [-0.05, 0) is 22.4 Å². The molecular formula is C13H16NO4P. The highest BCUT2D eigenvalue weighted by atomic mass is 31.2. The van der Waals surface area contributed by atoms with Crippen LogP contribution in [-0.4, -0.2) is 22.9 Å². The molecule has 0 aliphatic carbocycles. The van der Waals surface area contributed by atoms with Crippen molar-refractivity contribution in [3.8, 4) is 0 Å². The van der Waals surface area contributed by atoms with Crippen molar-refractivity contribution in [2.24, 2.45) is 0 Å². The number of phosphoric acid groups is 1. The Labute approximate surface area is 111 Å². The van der Waals surface area contributed by atoms with Crippen LogP contribution in [0.5, 0.6) is 0 Å². The predicted octanol–water partition coefficient (Wildman–Crippen LogP) is 2.04. The first-order valence-electron chi connectivity index (χ1n) is 5.93. The van der Waals surface area contributed by atoms with E-state index in [-0.39, 0.29) is 6.61 Å². The smallest absolute Gasteiger partial charge is 0.310 e. The third-order valence-electron chi connectivity index (χ3n) is 2.68. The molecule has 0 radical (unpaired) electrons. The largest absolute Gasteiger partial charge is 0.469 e. The SMILES string of the molecule is O=P(O)(O)OCCNCc1ccc2ccccc2c1. The van der Waals surface area contributed by atoms with Gasteiger partial charge < -0.3 is 15.1 Å². The van der Waals surface area contributed by atoms with E-state index in [2.05, 4.69) is 34.1 Å². The zero-order chi connectivity index (χ0) is 13.7. The van der Waals surface area contributed by atoms with Crippen LogP contribution in [0.3, 0.4) is 0 Å². The highest BCUT2D eigenvalue weighted by Crippen LogP contribution is 2.35. The Morgan fingerprint density at radius 1 is 1.11 bits per heavy atom. The van der Waals surface area contributed by atoms with Crippen LogP contribution >= 0.6 is 7.82 Å². The second kappa shape index (κ2) is 6.28. The average molecular weight is 281 g/mol. The maximum atomic E-state index is 10.5. The van der Waals surface area contributed by atoms with Gasteiger partial charge in [-0.1, -0.05) is 36.4 Å². The third-order valence-corrected chi connectivity index (χ3v) is 3.20. The Morgan fingerprint density at radius 3 is 2.58 bits per heavy atom. The summed E-state index contributed by atoms with van der Waals surface area (Å²) in [7, 11) is -4.35. The molecule has 5 nitrogen and oxygen atoms in total. The minimum absolute atomic E-state index is 0.0160. The molecular weight excluding hydrogens is 265 g/mol. The minimum atomic E-state index is -4.35. The van der Waals surface area contributed by atoms with Crippen LogP contribution in [-0.2, 0) is 15.6 Å². The standard InChI is InChI=1S/C13H16NO4P/c15-19(16,17)18-8-7-14-10-11-5-6-12-3-1-2-4-13(12)9-11/h1-6,9,14H,7-8,10H2,(H2,15,16,17). The molecule has 3 N–H and O–H groups in total. The van der Waals surface area contributed by atoms with Crippen molar-refractivity contribution in [2.45, 2.75) is 6.54 Å². The number of benzene rings is 2. The second-order valence-corrected chi connectivity index (χ2v) is 5.42. The summed E-state index contributed by atoms with van der Waals surface area (Å²) in [5.41, 5.74) is 1.12. The van der Waals surface area contributed by atoms with Gasteiger partial charge in [-0.15, -0.1) is 0 Å². The van der Waals surface area contributed by atoms with E-state index in [0.717, 1.165) is 5.56 Å². The first kappa shape index (κ1) is 14.2. The average Bonchev–Trinajstić information content (AvgIpc) is 2.37. The van der Waals surface area contributed by atoms with Crippen LogP contribution in [0, 0.1) is 0 Å². The Hall–Kier alpha value is -1.23. The molecule has 0 heterocycles. The molecule has 0 atom stereocenters. The molecule has 0 bridgehead atoms. The van der Waals surface area contributed by atoms with Gasteiger partial charge >= 0.3 is 7.82 Å². The van der Waals surface area contributed by atoms with Crippen LogP contribution in [0.2, 0.25) is 0 Å². The third kappa shape index (κ3) is 4.74. The van der Waals surface area contributed by atoms with E-state index in [0.29, 0.717) is 13.1 Å². The molecule has 0 amide bonds. The molecule has 0 saturated carbocycles. The summed E-state index contributed by atoms with van der Waals surface area (Å²) in [5.74, 6) is 0. The summed E-state index contributed by atoms with van der Waals surface area (Å²) < 4.78 is 14.8. The quantitative estimate of drug-likeness (QED) is 0.558. The lowest BCUT2D eigenvalue weighted by molar-refractivity contribution is 0.197. The van der Waals surface area contributed by atoms with E-state index in [1.165, 1.54) is 10.8 Å². The van der Waals surface area contributed by atoms with Crippen molar-refractivity contribution in [1.82, 2.24) is 5.32 Å². The van der Waals surface area contributed by atoms with Crippen LogP contribution in [0.1, 0.15) is 5.56 Å². The molecule has 0 fully saturated rings. The fourth-order valence-electron chi connectivity index (χ4n) is 1.82. The summed E-state index contributed by atoms with van der Waals surface area (Å²) in [6.45, 7) is 1.01. The number of nitrogens with one attached hydrogen (secondary N) is 1. The Kier molecular flexibility index (Phi) is 4.69. The van der Waals surface area contributed by atoms with Crippen molar-refractivity contribution in [3.05, 3.63) is 48.0 Å². The number of hydrogen-bond acceptors (Lipinski definition) is 3. The number of phosphoric ester groups is 1. The van der Waals surface area contributed by atoms with Gasteiger partial charge in [0.25, 0.3) is 0 Å². The Balaban J connectivity index is 1.83. The van der Waals surface area contributed by atoms with E-state index in [9.17, 15) is 4.57 Å². The fraction of sp³-hybridized carbons (Fsp3) is 0.231. The maximum Gasteiger partial charge on any atom is 0.469 e. The number of fused-ring (bicyclic) bond motifs is 1. The molecule has 2 rings (SSSR count). The summed E-state index contributed by atoms with van der Waals surface area (Å²) >= 11 is 0. The first-order chi connectivity index (χ1) is 9.04. The van der Waals surface area contributed by atoms with Gasteiger partial charge in [-0.2, -0.15) is 0 Å². The molecule has 0 aliphatic rings. The molecule has 102 valence electrons. The zero-order valence-electron chi connectivity index (χ0n) is 10.3. The molecule has 2 aromatic carbocycles. The highest BCUT2D eigenvalue weighted by molar-refractivity contribution is 7.46. The lowest BCUT2D eigenvalue weighted by atomic mass is 10.1. The van der Waals surface area contributed by atoms with Gasteiger partial charge in [0.2, 0.25) is 0 Å². The lowest BCUT2D eigenvalue weighted by Crippen LogP contribution is -2.18. The molecule has 0 unspecified atom stereocenters. The molecule has 0 spiro atoms. The molecule has 19 heavy (non-hydrogen) atoms. The number of rotatable bonds is 6. The topological polar surface area (TPSA) is 78.8 Å². The van der Waals surface area contributed by atoms with Crippen LogP contribution in [0.15, 0.2) is 42.5 Å². The van der Waals surface area contributed by atoms with Crippen molar-refractivity contribution in [3.63, 3.8) is 0 Å². The van der Waals surface area contributed by atoms with E-state index >= 15 is 0 Å². The molecule has 0 aliphatic heterocycles. The van der Waals surface area contributed by atoms with Gasteiger partial charge in [0.05, 0.1) is 6.61 Å². The summed E-state index contributed by atoms with van der Waals surface area (Å²) in [5, 5.41) is 5.44. The van der Waals surface area contributed by atoms with E-state index < -0.39 is 7.82 Å². The summed E-state index contributed by atoms with van der Waals surface area (Å²) in [6, 6.07) is 14.3. The summed E-state index contributed by atoms with van der Waals surface area (Å²) in [4.78, 5) is 17.0. The monoisotopic (exact) mass is 281 g/mol. The lowest BCUT2D eigenvalue weighted by Gasteiger charge is -2.07. The van der Waals surface area contributed by atoms with E-state index in [1.807, 2.05) is 18.2 Å². The van der Waals surface area contributed by atoms with Crippen molar-refractivity contribution < 1.29 is 18.9 Å². The van der Waals surface area contributed by atoms with Crippen LogP contribution < -0.4 is 5.32 Å². The fourth-order valence-corrected chi connectivity index (χ4v) is 2.15. The Bertz CT molecular complexity index is 596. The van der Waals surface area contributed by atoms with Gasteiger partial charge in [0, 0.05) is 13.1 Å². The molecule has 0 saturated heterocycles. The maximum absolute atomic E-state index is 10.5.